The molecule has 0 saturated carbocycles. The van der Waals surface area contributed by atoms with Gasteiger partial charge in [-0.3, -0.25) is 14.3 Å². The molecule has 0 atom stereocenters. The Balaban J connectivity index is 1.84. The van der Waals surface area contributed by atoms with Crippen LogP contribution in [-0.4, -0.2) is 43.6 Å². The molecule has 7 heteroatoms. The number of fused-ring (bicyclic) bond motifs is 1. The molecule has 0 saturated heterocycles. The minimum absolute atomic E-state index is 0.309. The molecule has 0 aliphatic carbocycles. The topological polar surface area (TPSA) is 65.2 Å². The quantitative estimate of drug-likeness (QED) is 0.698. The van der Waals surface area contributed by atoms with Gasteiger partial charge in [-0.2, -0.15) is 10.2 Å². The zero-order chi connectivity index (χ0) is 19.6. The maximum atomic E-state index is 12.5. The average Bonchev–Trinajstić information content (AvgIpc) is 3.15. The van der Waals surface area contributed by atoms with Crippen LogP contribution >= 0.6 is 0 Å². The lowest BCUT2D eigenvalue weighted by Gasteiger charge is -2.27. The van der Waals surface area contributed by atoms with Crippen molar-refractivity contribution in [3.63, 3.8) is 0 Å². The molecule has 0 unspecified atom stereocenters. The van der Waals surface area contributed by atoms with Gasteiger partial charge in [-0.15, -0.1) is 0 Å². The van der Waals surface area contributed by atoms with Crippen molar-refractivity contribution in [2.45, 2.75) is 60.2 Å². The van der Waals surface area contributed by atoms with Crippen LogP contribution in [-0.2, 0) is 37.8 Å². The van der Waals surface area contributed by atoms with Gasteiger partial charge in [-0.1, -0.05) is 13.8 Å². The maximum Gasteiger partial charge on any atom is 0.359 e. The molecule has 1 aliphatic heterocycles. The largest absolute Gasteiger partial charge is 0.461 e. The van der Waals surface area contributed by atoms with E-state index in [2.05, 4.69) is 35.9 Å². The summed E-state index contributed by atoms with van der Waals surface area (Å²) in [6.07, 6.45) is 3.89. The molecule has 148 valence electrons. The van der Waals surface area contributed by atoms with Gasteiger partial charge in [-0.25, -0.2) is 4.79 Å². The van der Waals surface area contributed by atoms with Gasteiger partial charge < -0.3 is 4.74 Å². The molecule has 2 aromatic rings. The van der Waals surface area contributed by atoms with Crippen molar-refractivity contribution >= 4 is 5.97 Å². The summed E-state index contributed by atoms with van der Waals surface area (Å²) in [7, 11) is 1.96. The van der Waals surface area contributed by atoms with Crippen LogP contribution in [0.4, 0.5) is 0 Å². The number of hydrogen-bond donors (Lipinski definition) is 0. The fourth-order valence-electron chi connectivity index (χ4n) is 3.55. The Bertz CT molecular complexity index is 806. The number of carbonyl (C=O) groups is 1. The number of aromatic nitrogens is 4. The first-order chi connectivity index (χ1) is 12.9. The summed E-state index contributed by atoms with van der Waals surface area (Å²) >= 11 is 0. The Morgan fingerprint density at radius 3 is 2.78 bits per heavy atom. The van der Waals surface area contributed by atoms with Crippen molar-refractivity contribution in [3.8, 4) is 0 Å². The summed E-state index contributed by atoms with van der Waals surface area (Å²) < 4.78 is 9.20. The molecule has 2 aromatic heterocycles. The standard InChI is InChI=1S/C20H31N5O2/c1-6-27-20(26)19-17-13-24(12-16-11-21-23(5)15(16)4)9-8-18(17)25(22-19)10-7-14(2)3/h11,14H,6-10,12-13H2,1-5H3. The molecule has 3 heterocycles. The molecule has 0 amide bonds. The Labute approximate surface area is 161 Å². The number of aryl methyl sites for hydroxylation is 2. The SMILES string of the molecule is CCOC(=O)c1nn(CCC(C)C)c2c1CN(Cc1cnn(C)c1C)CC2. The second kappa shape index (κ2) is 8.25. The first kappa shape index (κ1) is 19.6. The van der Waals surface area contributed by atoms with Gasteiger partial charge in [0.2, 0.25) is 0 Å². The monoisotopic (exact) mass is 373 g/mol. The molecule has 0 radical (unpaired) electrons. The zero-order valence-electron chi connectivity index (χ0n) is 17.2. The second-order valence-electron chi connectivity index (χ2n) is 7.74. The van der Waals surface area contributed by atoms with Crippen molar-refractivity contribution in [2.75, 3.05) is 13.2 Å². The van der Waals surface area contributed by atoms with E-state index in [4.69, 9.17) is 4.74 Å². The predicted octanol–water partition coefficient (Wildman–Crippen LogP) is 2.71. The molecule has 7 nitrogen and oxygen atoms in total. The lowest BCUT2D eigenvalue weighted by Crippen LogP contribution is -2.31. The molecular formula is C20H31N5O2. The van der Waals surface area contributed by atoms with Crippen molar-refractivity contribution in [1.82, 2.24) is 24.5 Å². The van der Waals surface area contributed by atoms with E-state index in [-0.39, 0.29) is 5.97 Å². The fourth-order valence-corrected chi connectivity index (χ4v) is 3.55. The predicted molar refractivity (Wildman–Crippen MR) is 103 cm³/mol. The molecule has 3 rings (SSSR count). The second-order valence-corrected chi connectivity index (χ2v) is 7.74. The van der Waals surface area contributed by atoms with Gasteiger partial charge >= 0.3 is 5.97 Å². The molecule has 0 spiro atoms. The normalized spacial score (nSPS) is 14.6. The minimum Gasteiger partial charge on any atom is -0.461 e. The summed E-state index contributed by atoms with van der Waals surface area (Å²) in [4.78, 5) is 14.8. The van der Waals surface area contributed by atoms with Gasteiger partial charge in [0.15, 0.2) is 5.69 Å². The highest BCUT2D eigenvalue weighted by Gasteiger charge is 2.29. The van der Waals surface area contributed by atoms with E-state index < -0.39 is 0 Å². The van der Waals surface area contributed by atoms with Gasteiger partial charge in [-0.05, 0) is 26.2 Å². The summed E-state index contributed by atoms with van der Waals surface area (Å²) in [5.74, 6) is 0.293. The van der Waals surface area contributed by atoms with Crippen LogP contribution in [0.1, 0.15) is 60.2 Å². The van der Waals surface area contributed by atoms with Crippen LogP contribution in [0.15, 0.2) is 6.20 Å². The maximum absolute atomic E-state index is 12.5. The van der Waals surface area contributed by atoms with Crippen LogP contribution in [0.25, 0.3) is 0 Å². The van der Waals surface area contributed by atoms with Gasteiger partial charge in [0.05, 0.1) is 12.8 Å². The third kappa shape index (κ3) is 4.24. The van der Waals surface area contributed by atoms with Crippen LogP contribution < -0.4 is 0 Å². The van der Waals surface area contributed by atoms with Crippen LogP contribution in [0.5, 0.6) is 0 Å². The highest BCUT2D eigenvalue weighted by molar-refractivity contribution is 5.89. The lowest BCUT2D eigenvalue weighted by atomic mass is 10.0. The molecular weight excluding hydrogens is 342 g/mol. The Kier molecular flexibility index (Phi) is 5.99. The summed E-state index contributed by atoms with van der Waals surface area (Å²) in [6.45, 7) is 12.1. The number of hydrogen-bond acceptors (Lipinski definition) is 5. The van der Waals surface area contributed by atoms with E-state index in [9.17, 15) is 4.79 Å². The zero-order valence-corrected chi connectivity index (χ0v) is 17.2. The summed E-state index contributed by atoms with van der Waals surface area (Å²) in [5, 5.41) is 8.98. The van der Waals surface area contributed by atoms with Crippen LogP contribution in [0.3, 0.4) is 0 Å². The van der Waals surface area contributed by atoms with Crippen molar-refractivity contribution in [3.05, 3.63) is 34.4 Å². The van der Waals surface area contributed by atoms with E-state index in [1.54, 1.807) is 0 Å². The van der Waals surface area contributed by atoms with Crippen LogP contribution in [0.2, 0.25) is 0 Å². The fraction of sp³-hybridized carbons (Fsp3) is 0.650. The molecule has 0 fully saturated rings. The first-order valence-corrected chi connectivity index (χ1v) is 9.86. The Hall–Kier alpha value is -2.15. The molecule has 0 aromatic carbocycles. The number of esters is 1. The van der Waals surface area contributed by atoms with Gasteiger partial charge in [0.1, 0.15) is 0 Å². The van der Waals surface area contributed by atoms with E-state index in [0.717, 1.165) is 44.6 Å². The summed E-state index contributed by atoms with van der Waals surface area (Å²) in [5.41, 5.74) is 5.12. The van der Waals surface area contributed by atoms with E-state index >= 15 is 0 Å². The highest BCUT2D eigenvalue weighted by Crippen LogP contribution is 2.26. The van der Waals surface area contributed by atoms with Crippen LogP contribution in [0, 0.1) is 12.8 Å². The molecule has 27 heavy (non-hydrogen) atoms. The van der Waals surface area contributed by atoms with Crippen molar-refractivity contribution in [2.24, 2.45) is 13.0 Å². The third-order valence-corrected chi connectivity index (χ3v) is 5.33. The van der Waals surface area contributed by atoms with E-state index in [1.165, 1.54) is 17.0 Å². The smallest absolute Gasteiger partial charge is 0.359 e. The highest BCUT2D eigenvalue weighted by atomic mass is 16.5. The van der Waals surface area contributed by atoms with Gasteiger partial charge in [0.25, 0.3) is 0 Å². The van der Waals surface area contributed by atoms with Gasteiger partial charge in [0, 0.05) is 62.2 Å². The third-order valence-electron chi connectivity index (χ3n) is 5.33. The lowest BCUT2D eigenvalue weighted by molar-refractivity contribution is 0.0515. The number of rotatable bonds is 7. The van der Waals surface area contributed by atoms with E-state index in [0.29, 0.717) is 18.2 Å². The number of carbonyl (C=O) groups excluding carboxylic acids is 1. The number of nitrogens with zero attached hydrogens (tertiary/aromatic N) is 5. The van der Waals surface area contributed by atoms with Crippen molar-refractivity contribution < 1.29 is 9.53 Å². The molecule has 0 bridgehead atoms. The van der Waals surface area contributed by atoms with E-state index in [1.807, 2.05) is 29.5 Å². The first-order valence-electron chi connectivity index (χ1n) is 9.86. The van der Waals surface area contributed by atoms with Crippen molar-refractivity contribution in [1.29, 1.82) is 0 Å². The summed E-state index contributed by atoms with van der Waals surface area (Å²) in [6, 6.07) is 0. The average molecular weight is 374 g/mol. The minimum atomic E-state index is -0.309. The molecule has 1 aliphatic rings. The Morgan fingerprint density at radius 2 is 2.15 bits per heavy atom. The number of ether oxygens (including phenoxy) is 1. The molecule has 0 N–H and O–H groups in total. The Morgan fingerprint density at radius 1 is 1.37 bits per heavy atom.